The number of rotatable bonds is 1. The fourth-order valence-corrected chi connectivity index (χ4v) is 6.59. The van der Waals surface area contributed by atoms with Gasteiger partial charge in [-0.15, -0.1) is 0 Å². The quantitative estimate of drug-likeness (QED) is 0.682. The number of hydrogen-bond acceptors (Lipinski definition) is 4. The molecular weight excluding hydrogens is 316 g/mol. The lowest BCUT2D eigenvalue weighted by atomic mass is 9.47. The Bertz CT molecular complexity index is 677. The Labute approximate surface area is 149 Å². The van der Waals surface area contributed by atoms with Gasteiger partial charge >= 0.3 is 5.97 Å². The number of Topliss-reactive ketones (excluding diaryl/α,β-unsaturated/α-hetero) is 1. The SMILES string of the molecule is CC(=O)OC1C[C@@]2(C)C(=CC1=O)CC(=O)[C@H]1[C@@H]3CCC[C@@]3(C)CC[C@@H]12. The van der Waals surface area contributed by atoms with Crippen molar-refractivity contribution in [3.8, 4) is 0 Å². The largest absolute Gasteiger partial charge is 0.454 e. The van der Waals surface area contributed by atoms with Crippen LogP contribution in [0.2, 0.25) is 0 Å². The molecule has 136 valence electrons. The molecule has 4 nitrogen and oxygen atoms in total. The lowest BCUT2D eigenvalue weighted by molar-refractivity contribution is -0.157. The summed E-state index contributed by atoms with van der Waals surface area (Å²) in [6, 6.07) is 0. The van der Waals surface area contributed by atoms with Gasteiger partial charge in [-0.1, -0.05) is 25.8 Å². The summed E-state index contributed by atoms with van der Waals surface area (Å²) in [5, 5.41) is 0. The van der Waals surface area contributed by atoms with Crippen LogP contribution in [0.25, 0.3) is 0 Å². The van der Waals surface area contributed by atoms with Crippen molar-refractivity contribution in [2.75, 3.05) is 0 Å². The molecule has 0 aromatic heterocycles. The monoisotopic (exact) mass is 344 g/mol. The maximum Gasteiger partial charge on any atom is 0.303 e. The highest BCUT2D eigenvalue weighted by Gasteiger charge is 2.60. The molecular formula is C21H28O4. The number of ether oxygens (including phenoxy) is 1. The van der Waals surface area contributed by atoms with E-state index >= 15 is 0 Å². The first-order valence-corrected chi connectivity index (χ1v) is 9.69. The van der Waals surface area contributed by atoms with Crippen LogP contribution in [0.15, 0.2) is 11.6 Å². The van der Waals surface area contributed by atoms with E-state index in [-0.39, 0.29) is 23.0 Å². The fourth-order valence-electron chi connectivity index (χ4n) is 6.59. The van der Waals surface area contributed by atoms with Crippen molar-refractivity contribution in [3.63, 3.8) is 0 Å². The summed E-state index contributed by atoms with van der Waals surface area (Å²) in [7, 11) is 0. The van der Waals surface area contributed by atoms with Gasteiger partial charge in [0.05, 0.1) is 0 Å². The van der Waals surface area contributed by atoms with Crippen LogP contribution in [-0.2, 0) is 19.1 Å². The Balaban J connectivity index is 1.71. The molecule has 1 unspecified atom stereocenters. The third-order valence-electron chi connectivity index (χ3n) is 7.89. The predicted octanol–water partition coefficient (Wildman–Crippen LogP) is 3.63. The average molecular weight is 344 g/mol. The van der Waals surface area contributed by atoms with Gasteiger partial charge in [-0.05, 0) is 54.4 Å². The molecule has 0 spiro atoms. The van der Waals surface area contributed by atoms with Crippen LogP contribution in [-0.4, -0.2) is 23.6 Å². The van der Waals surface area contributed by atoms with Crippen LogP contribution in [0.5, 0.6) is 0 Å². The Kier molecular flexibility index (Phi) is 3.75. The number of carbonyl (C=O) groups is 3. The molecule has 0 aromatic carbocycles. The minimum atomic E-state index is -0.683. The molecule has 0 N–H and O–H groups in total. The Hall–Kier alpha value is -1.45. The highest BCUT2D eigenvalue weighted by atomic mass is 16.5. The highest BCUT2D eigenvalue weighted by Crippen LogP contribution is 2.64. The van der Waals surface area contributed by atoms with Gasteiger partial charge in [-0.25, -0.2) is 0 Å². The number of fused-ring (bicyclic) bond motifs is 5. The van der Waals surface area contributed by atoms with Gasteiger partial charge < -0.3 is 4.74 Å². The molecule has 6 atom stereocenters. The van der Waals surface area contributed by atoms with E-state index in [0.29, 0.717) is 30.0 Å². The number of carbonyl (C=O) groups excluding carboxylic acids is 3. The maximum absolute atomic E-state index is 13.0. The van der Waals surface area contributed by atoms with Crippen molar-refractivity contribution in [2.45, 2.75) is 71.8 Å². The van der Waals surface area contributed by atoms with E-state index in [1.807, 2.05) is 0 Å². The van der Waals surface area contributed by atoms with Gasteiger partial charge in [0.25, 0.3) is 0 Å². The first kappa shape index (κ1) is 17.0. The molecule has 0 radical (unpaired) electrons. The molecule has 0 amide bonds. The van der Waals surface area contributed by atoms with Crippen molar-refractivity contribution in [1.82, 2.24) is 0 Å². The molecule has 0 bridgehead atoms. The Morgan fingerprint density at radius 3 is 2.64 bits per heavy atom. The summed E-state index contributed by atoms with van der Waals surface area (Å²) in [5.74, 6) is 0.661. The molecule has 4 rings (SSSR count). The summed E-state index contributed by atoms with van der Waals surface area (Å²) in [4.78, 5) is 36.8. The molecule has 4 heteroatoms. The lowest BCUT2D eigenvalue weighted by Gasteiger charge is -2.56. The van der Waals surface area contributed by atoms with Crippen LogP contribution < -0.4 is 0 Å². The van der Waals surface area contributed by atoms with E-state index in [1.54, 1.807) is 6.08 Å². The van der Waals surface area contributed by atoms with Gasteiger partial charge in [-0.3, -0.25) is 14.4 Å². The predicted molar refractivity (Wildman–Crippen MR) is 92.7 cm³/mol. The van der Waals surface area contributed by atoms with Crippen molar-refractivity contribution in [2.24, 2.45) is 28.6 Å². The summed E-state index contributed by atoms with van der Waals surface area (Å²) in [6.45, 7) is 5.92. The number of ketones is 2. The van der Waals surface area contributed by atoms with Crippen molar-refractivity contribution in [1.29, 1.82) is 0 Å². The Morgan fingerprint density at radius 1 is 1.16 bits per heavy atom. The zero-order valence-electron chi connectivity index (χ0n) is 15.5. The topological polar surface area (TPSA) is 60.4 Å². The molecule has 0 saturated heterocycles. The normalized spacial score (nSPS) is 46.0. The molecule has 3 saturated carbocycles. The zero-order valence-corrected chi connectivity index (χ0v) is 15.5. The van der Waals surface area contributed by atoms with E-state index in [9.17, 15) is 14.4 Å². The molecule has 0 heterocycles. The third kappa shape index (κ3) is 2.43. The van der Waals surface area contributed by atoms with E-state index in [0.717, 1.165) is 18.4 Å². The minimum absolute atomic E-state index is 0.120. The van der Waals surface area contributed by atoms with Crippen LogP contribution >= 0.6 is 0 Å². The van der Waals surface area contributed by atoms with Crippen LogP contribution in [0, 0.1) is 28.6 Å². The lowest BCUT2D eigenvalue weighted by Crippen LogP contribution is -2.55. The minimum Gasteiger partial charge on any atom is -0.454 e. The third-order valence-corrected chi connectivity index (χ3v) is 7.89. The highest BCUT2D eigenvalue weighted by molar-refractivity contribution is 5.98. The number of esters is 1. The maximum atomic E-state index is 13.0. The van der Waals surface area contributed by atoms with Gasteiger partial charge in [0, 0.05) is 25.7 Å². The smallest absolute Gasteiger partial charge is 0.303 e. The molecule has 0 aliphatic heterocycles. The van der Waals surface area contributed by atoms with E-state index in [4.69, 9.17) is 4.74 Å². The first-order chi connectivity index (χ1) is 11.7. The van der Waals surface area contributed by atoms with Crippen molar-refractivity contribution in [3.05, 3.63) is 11.6 Å². The second-order valence-corrected chi connectivity index (χ2v) is 9.26. The second-order valence-electron chi connectivity index (χ2n) is 9.26. The average Bonchev–Trinajstić information content (AvgIpc) is 2.91. The summed E-state index contributed by atoms with van der Waals surface area (Å²) >= 11 is 0. The van der Waals surface area contributed by atoms with Gasteiger partial charge in [-0.2, -0.15) is 0 Å². The van der Waals surface area contributed by atoms with Crippen LogP contribution in [0.3, 0.4) is 0 Å². The first-order valence-electron chi connectivity index (χ1n) is 9.69. The Morgan fingerprint density at radius 2 is 1.92 bits per heavy atom. The fraction of sp³-hybridized carbons (Fsp3) is 0.762. The van der Waals surface area contributed by atoms with E-state index in [2.05, 4.69) is 13.8 Å². The van der Waals surface area contributed by atoms with Gasteiger partial charge in [0.2, 0.25) is 0 Å². The standard InChI is InChI=1S/C21H28O4/c1-12(22)25-18-11-21(3)13(9-16(18)23)10-17(24)19-14-5-4-7-20(14,2)8-6-15(19)21/h9,14-15,18-19H,4-8,10-11H2,1-3H3/t14-,15-,18?,19-,20-,21-/m0/s1. The van der Waals surface area contributed by atoms with Crippen molar-refractivity contribution >= 4 is 17.5 Å². The molecule has 4 aliphatic carbocycles. The van der Waals surface area contributed by atoms with Crippen LogP contribution in [0.4, 0.5) is 0 Å². The summed E-state index contributed by atoms with van der Waals surface area (Å²) in [6.07, 6.45) is 7.71. The number of hydrogen-bond donors (Lipinski definition) is 0. The second kappa shape index (κ2) is 5.52. The molecule has 3 fully saturated rings. The molecule has 0 aromatic rings. The zero-order chi connectivity index (χ0) is 18.0. The molecule has 25 heavy (non-hydrogen) atoms. The summed E-state index contributed by atoms with van der Waals surface area (Å²) in [5.41, 5.74) is 1.10. The van der Waals surface area contributed by atoms with E-state index < -0.39 is 12.1 Å². The number of allylic oxidation sites excluding steroid dienone is 1. The van der Waals surface area contributed by atoms with E-state index in [1.165, 1.54) is 26.2 Å². The molecule has 4 aliphatic rings. The van der Waals surface area contributed by atoms with Crippen molar-refractivity contribution < 1.29 is 19.1 Å². The summed E-state index contributed by atoms with van der Waals surface area (Å²) < 4.78 is 5.31. The van der Waals surface area contributed by atoms with Gasteiger partial charge in [0.1, 0.15) is 5.78 Å². The van der Waals surface area contributed by atoms with Gasteiger partial charge in [0.15, 0.2) is 11.9 Å². The van der Waals surface area contributed by atoms with Crippen LogP contribution in [0.1, 0.15) is 65.7 Å².